The third kappa shape index (κ3) is 2.66. The van der Waals surface area contributed by atoms with E-state index in [2.05, 4.69) is 41.4 Å². The molecule has 8 heteroatoms. The smallest absolute Gasteiger partial charge is 0.228 e. The van der Waals surface area contributed by atoms with E-state index in [0.717, 1.165) is 4.47 Å². The Kier molecular flexibility index (Phi) is 3.30. The minimum Gasteiger partial charge on any atom is -0.368 e. The average molecular weight is 285 g/mol. The van der Waals surface area contributed by atoms with Gasteiger partial charge in [-0.15, -0.1) is 0 Å². The number of hydrogen-bond donors (Lipinski definition) is 2. The Bertz CT molecular complexity index is 460. The van der Waals surface area contributed by atoms with E-state index in [4.69, 9.17) is 10.3 Å². The van der Waals surface area contributed by atoms with Crippen molar-refractivity contribution in [2.24, 2.45) is 0 Å². The highest BCUT2D eigenvalue weighted by Crippen LogP contribution is 2.18. The zero-order valence-corrected chi connectivity index (χ0v) is 9.81. The zero-order chi connectivity index (χ0) is 11.4. The topological polar surface area (TPSA) is 103 Å². The van der Waals surface area contributed by atoms with E-state index in [1.54, 1.807) is 6.20 Å². The van der Waals surface area contributed by atoms with Crippen LogP contribution in [0.5, 0.6) is 0 Å². The number of hydrogen-bond acceptors (Lipinski definition) is 7. The predicted octanol–water partition coefficient (Wildman–Crippen LogP) is 0.859. The number of nitrogen functional groups attached to an aromatic ring is 1. The van der Waals surface area contributed by atoms with Crippen molar-refractivity contribution in [1.82, 2.24) is 20.1 Å². The quantitative estimate of drug-likeness (QED) is 0.858. The molecule has 84 valence electrons. The van der Waals surface area contributed by atoms with E-state index in [1.165, 1.54) is 6.33 Å². The number of rotatable bonds is 4. The molecule has 3 N–H and O–H groups in total. The van der Waals surface area contributed by atoms with Gasteiger partial charge in [0.2, 0.25) is 11.8 Å². The predicted molar refractivity (Wildman–Crippen MR) is 60.6 cm³/mol. The van der Waals surface area contributed by atoms with Gasteiger partial charge in [-0.3, -0.25) is 0 Å². The summed E-state index contributed by atoms with van der Waals surface area (Å²) in [7, 11) is 0. The van der Waals surface area contributed by atoms with Crippen molar-refractivity contribution in [3.8, 4) is 0 Å². The van der Waals surface area contributed by atoms with Gasteiger partial charge in [-0.1, -0.05) is 5.16 Å². The maximum absolute atomic E-state index is 5.47. The van der Waals surface area contributed by atoms with Gasteiger partial charge < -0.3 is 15.6 Å². The van der Waals surface area contributed by atoms with Crippen molar-refractivity contribution >= 4 is 27.7 Å². The first-order valence-corrected chi connectivity index (χ1v) is 5.32. The monoisotopic (exact) mass is 284 g/mol. The summed E-state index contributed by atoms with van der Waals surface area (Å²) >= 11 is 3.31. The molecule has 0 saturated heterocycles. The third-order valence-electron chi connectivity index (χ3n) is 1.80. The maximum atomic E-state index is 5.47. The number of aromatic nitrogens is 4. The highest BCUT2D eigenvalue weighted by molar-refractivity contribution is 9.10. The number of halogens is 1. The zero-order valence-electron chi connectivity index (χ0n) is 8.22. The van der Waals surface area contributed by atoms with Gasteiger partial charge in [-0.25, -0.2) is 4.98 Å². The largest absolute Gasteiger partial charge is 0.368 e. The molecule has 0 spiro atoms. The lowest BCUT2D eigenvalue weighted by molar-refractivity contribution is 0.379. The highest BCUT2D eigenvalue weighted by Gasteiger charge is 2.04. The van der Waals surface area contributed by atoms with Gasteiger partial charge in [0.05, 0.1) is 4.47 Å². The third-order valence-corrected chi connectivity index (χ3v) is 2.38. The Hall–Kier alpha value is -1.70. The molecule has 0 radical (unpaired) electrons. The molecular weight excluding hydrogens is 276 g/mol. The lowest BCUT2D eigenvalue weighted by Gasteiger charge is -2.05. The van der Waals surface area contributed by atoms with Crippen LogP contribution in [0.2, 0.25) is 0 Å². The summed E-state index contributed by atoms with van der Waals surface area (Å²) in [6.07, 6.45) is 3.58. The van der Waals surface area contributed by atoms with Crippen LogP contribution in [0.25, 0.3) is 0 Å². The van der Waals surface area contributed by atoms with Crippen LogP contribution in [0, 0.1) is 0 Å². The number of anilines is 2. The van der Waals surface area contributed by atoms with Gasteiger partial charge in [0, 0.05) is 19.2 Å². The van der Waals surface area contributed by atoms with Crippen molar-refractivity contribution in [2.75, 3.05) is 17.6 Å². The van der Waals surface area contributed by atoms with E-state index >= 15 is 0 Å². The van der Waals surface area contributed by atoms with Gasteiger partial charge in [-0.05, 0) is 15.9 Å². The van der Waals surface area contributed by atoms with Gasteiger partial charge in [0.15, 0.2) is 6.33 Å². The second-order valence-electron chi connectivity index (χ2n) is 2.94. The molecule has 0 amide bonds. The van der Waals surface area contributed by atoms with Crippen molar-refractivity contribution in [3.05, 3.63) is 22.9 Å². The van der Waals surface area contributed by atoms with Crippen LogP contribution in [0.15, 0.2) is 21.5 Å². The first-order valence-electron chi connectivity index (χ1n) is 4.53. The Balaban J connectivity index is 1.92. The fraction of sp³-hybridized carbons (Fsp3) is 0.250. The first kappa shape index (κ1) is 10.8. The van der Waals surface area contributed by atoms with Crippen LogP contribution < -0.4 is 11.1 Å². The molecule has 0 aliphatic carbocycles. The molecule has 0 atom stereocenters. The van der Waals surface area contributed by atoms with E-state index in [1.807, 2.05) is 0 Å². The molecule has 2 aromatic heterocycles. The number of nitrogens with two attached hydrogens (primary N) is 1. The average Bonchev–Trinajstić information content (AvgIpc) is 2.76. The molecule has 2 aromatic rings. The Labute approximate surface area is 99.6 Å². The minimum atomic E-state index is 0.225. The summed E-state index contributed by atoms with van der Waals surface area (Å²) in [5.41, 5.74) is 5.47. The summed E-state index contributed by atoms with van der Waals surface area (Å²) in [5.74, 6) is 1.45. The molecule has 0 fully saturated rings. The standard InChI is InChI=1S/C8H9BrN6O/c9-5-3-12-8(10)15-7(5)11-2-1-6-13-4-14-16-6/h3-4H,1-2H2,(H3,10,11,12,15). The molecule has 0 bridgehead atoms. The number of nitrogens with zero attached hydrogens (tertiary/aromatic N) is 4. The van der Waals surface area contributed by atoms with E-state index in [0.29, 0.717) is 24.7 Å². The van der Waals surface area contributed by atoms with Gasteiger partial charge >= 0.3 is 0 Å². The maximum Gasteiger partial charge on any atom is 0.228 e. The summed E-state index contributed by atoms with van der Waals surface area (Å²) in [5, 5.41) is 6.60. The van der Waals surface area contributed by atoms with Crippen LogP contribution in [0.3, 0.4) is 0 Å². The lowest BCUT2D eigenvalue weighted by atomic mass is 10.4. The normalized spacial score (nSPS) is 10.3. The Morgan fingerprint density at radius 2 is 2.31 bits per heavy atom. The second kappa shape index (κ2) is 4.88. The van der Waals surface area contributed by atoms with Crippen molar-refractivity contribution in [2.45, 2.75) is 6.42 Å². The number of nitrogens with one attached hydrogen (secondary N) is 1. The summed E-state index contributed by atoms with van der Waals surface area (Å²) in [4.78, 5) is 11.8. The van der Waals surface area contributed by atoms with E-state index < -0.39 is 0 Å². The molecular formula is C8H9BrN6O. The highest BCUT2D eigenvalue weighted by atomic mass is 79.9. The van der Waals surface area contributed by atoms with E-state index in [9.17, 15) is 0 Å². The lowest BCUT2D eigenvalue weighted by Crippen LogP contribution is -2.08. The fourth-order valence-corrected chi connectivity index (χ4v) is 1.43. The van der Waals surface area contributed by atoms with Crippen molar-refractivity contribution < 1.29 is 4.52 Å². The Morgan fingerprint density at radius 1 is 1.44 bits per heavy atom. The van der Waals surface area contributed by atoms with Crippen LogP contribution in [0.4, 0.5) is 11.8 Å². The van der Waals surface area contributed by atoms with Crippen LogP contribution >= 0.6 is 15.9 Å². The molecule has 7 nitrogen and oxygen atoms in total. The van der Waals surface area contributed by atoms with Crippen molar-refractivity contribution in [1.29, 1.82) is 0 Å². The summed E-state index contributed by atoms with van der Waals surface area (Å²) < 4.78 is 5.61. The molecule has 0 saturated carbocycles. The minimum absolute atomic E-state index is 0.225. The summed E-state index contributed by atoms with van der Waals surface area (Å²) in [6.45, 7) is 0.622. The van der Waals surface area contributed by atoms with Gasteiger partial charge in [0.25, 0.3) is 0 Å². The summed E-state index contributed by atoms with van der Waals surface area (Å²) in [6, 6.07) is 0. The molecule has 0 unspecified atom stereocenters. The van der Waals surface area contributed by atoms with E-state index in [-0.39, 0.29) is 5.95 Å². The first-order chi connectivity index (χ1) is 7.75. The molecule has 0 aliphatic heterocycles. The molecule has 16 heavy (non-hydrogen) atoms. The van der Waals surface area contributed by atoms with Gasteiger partial charge in [-0.2, -0.15) is 9.97 Å². The van der Waals surface area contributed by atoms with Crippen LogP contribution in [-0.4, -0.2) is 26.7 Å². The molecule has 2 rings (SSSR count). The Morgan fingerprint density at radius 3 is 3.06 bits per heavy atom. The van der Waals surface area contributed by atoms with Crippen LogP contribution in [-0.2, 0) is 6.42 Å². The SMILES string of the molecule is Nc1ncc(Br)c(NCCc2ncno2)n1. The molecule has 0 aliphatic rings. The second-order valence-corrected chi connectivity index (χ2v) is 3.79. The fourth-order valence-electron chi connectivity index (χ4n) is 1.10. The van der Waals surface area contributed by atoms with Crippen molar-refractivity contribution in [3.63, 3.8) is 0 Å². The molecule has 2 heterocycles. The van der Waals surface area contributed by atoms with Crippen LogP contribution in [0.1, 0.15) is 5.89 Å². The van der Waals surface area contributed by atoms with Gasteiger partial charge in [0.1, 0.15) is 5.82 Å². The molecule has 0 aromatic carbocycles.